The number of carbonyl (C=O) groups excluding carboxylic acids is 1. The van der Waals surface area contributed by atoms with Gasteiger partial charge in [-0.05, 0) is 31.8 Å². The highest BCUT2D eigenvalue weighted by Gasteiger charge is 2.22. The summed E-state index contributed by atoms with van der Waals surface area (Å²) in [5.41, 5.74) is 4.85. The lowest BCUT2D eigenvalue weighted by molar-refractivity contribution is -0.115. The van der Waals surface area contributed by atoms with Crippen LogP contribution < -0.4 is 11.1 Å². The Morgan fingerprint density at radius 2 is 2.21 bits per heavy atom. The third-order valence-electron chi connectivity index (χ3n) is 2.25. The van der Waals surface area contributed by atoms with Gasteiger partial charge in [0.05, 0.1) is 5.75 Å². The van der Waals surface area contributed by atoms with E-state index in [9.17, 15) is 13.2 Å². The van der Waals surface area contributed by atoms with Crippen LogP contribution in [0.4, 0.5) is 0 Å². The molecule has 0 radical (unpaired) electrons. The first kappa shape index (κ1) is 11.5. The molecule has 0 aromatic heterocycles. The minimum Gasteiger partial charge on any atom is -0.369 e. The molecule has 0 aliphatic carbocycles. The predicted molar refractivity (Wildman–Crippen MR) is 53.4 cm³/mol. The lowest BCUT2D eigenvalue weighted by Gasteiger charge is -2.22. The molecule has 1 saturated heterocycles. The lowest BCUT2D eigenvalue weighted by Crippen LogP contribution is -2.36. The average molecular weight is 220 g/mol. The molecule has 1 heterocycles. The summed E-state index contributed by atoms with van der Waals surface area (Å²) in [6.45, 7) is 1.67. The van der Waals surface area contributed by atoms with Gasteiger partial charge in [-0.25, -0.2) is 8.42 Å². The van der Waals surface area contributed by atoms with Gasteiger partial charge in [-0.15, -0.1) is 0 Å². The maximum absolute atomic E-state index is 11.4. The van der Waals surface area contributed by atoms with E-state index in [-0.39, 0.29) is 11.7 Å². The Balaban J connectivity index is 2.45. The number of primary amides is 1. The second kappa shape index (κ2) is 4.75. The van der Waals surface area contributed by atoms with Gasteiger partial charge in [0.2, 0.25) is 5.91 Å². The number of rotatable bonds is 4. The molecule has 1 rings (SSSR count). The Bertz CT molecular complexity index is 294. The summed E-state index contributed by atoms with van der Waals surface area (Å²) in [6, 6.07) is 0. The molecule has 1 unspecified atom stereocenters. The van der Waals surface area contributed by atoms with Crippen molar-refractivity contribution in [1.29, 1.82) is 0 Å². The molecule has 0 saturated carbocycles. The highest BCUT2D eigenvalue weighted by atomic mass is 32.2. The third kappa shape index (κ3) is 4.06. The van der Waals surface area contributed by atoms with E-state index in [1.807, 2.05) is 0 Å². The van der Waals surface area contributed by atoms with Gasteiger partial charge in [-0.2, -0.15) is 0 Å². The molecule has 1 atom stereocenters. The monoisotopic (exact) mass is 220 g/mol. The van der Waals surface area contributed by atoms with Crippen molar-refractivity contribution in [2.45, 2.75) is 12.8 Å². The summed E-state index contributed by atoms with van der Waals surface area (Å²) in [6.07, 6.45) is 1.90. The van der Waals surface area contributed by atoms with E-state index >= 15 is 0 Å². The first-order valence-corrected chi connectivity index (χ1v) is 6.51. The number of hydrogen-bond acceptors (Lipinski definition) is 4. The van der Waals surface area contributed by atoms with E-state index in [0.717, 1.165) is 25.9 Å². The normalized spacial score (nSPS) is 23.3. The number of hydrogen-bond donors (Lipinski definition) is 2. The lowest BCUT2D eigenvalue weighted by atomic mass is 10.0. The Morgan fingerprint density at radius 3 is 2.71 bits per heavy atom. The summed E-state index contributed by atoms with van der Waals surface area (Å²) in [7, 11) is -3.29. The van der Waals surface area contributed by atoms with Gasteiger partial charge in [0, 0.05) is 0 Å². The smallest absolute Gasteiger partial charge is 0.232 e. The summed E-state index contributed by atoms with van der Waals surface area (Å²) in [4.78, 5) is 10.5. The molecular weight excluding hydrogens is 204 g/mol. The minimum absolute atomic E-state index is 0.0724. The molecule has 5 nitrogen and oxygen atoms in total. The van der Waals surface area contributed by atoms with Gasteiger partial charge in [-0.3, -0.25) is 4.79 Å². The maximum atomic E-state index is 11.4. The van der Waals surface area contributed by atoms with Gasteiger partial charge < -0.3 is 11.1 Å². The Hall–Kier alpha value is -0.620. The van der Waals surface area contributed by atoms with Crippen LogP contribution in [0.5, 0.6) is 0 Å². The van der Waals surface area contributed by atoms with Crippen molar-refractivity contribution in [3.8, 4) is 0 Å². The number of sulfone groups is 1. The molecule has 14 heavy (non-hydrogen) atoms. The van der Waals surface area contributed by atoms with Crippen LogP contribution in [0.3, 0.4) is 0 Å². The molecule has 3 N–H and O–H groups in total. The van der Waals surface area contributed by atoms with Gasteiger partial charge in [0.1, 0.15) is 5.75 Å². The van der Waals surface area contributed by atoms with E-state index in [4.69, 9.17) is 5.73 Å². The van der Waals surface area contributed by atoms with E-state index < -0.39 is 21.5 Å². The maximum Gasteiger partial charge on any atom is 0.232 e. The van der Waals surface area contributed by atoms with Crippen LogP contribution in [0.1, 0.15) is 12.8 Å². The van der Waals surface area contributed by atoms with Gasteiger partial charge in [0.25, 0.3) is 0 Å². The number of piperidine rings is 1. The fourth-order valence-corrected chi connectivity index (χ4v) is 3.26. The van der Waals surface area contributed by atoms with Crippen LogP contribution in [0.15, 0.2) is 0 Å². The molecule has 6 heteroatoms. The van der Waals surface area contributed by atoms with Crippen molar-refractivity contribution in [2.75, 3.05) is 24.6 Å². The predicted octanol–water partition coefficient (Wildman–Crippen LogP) is -1.11. The molecule has 82 valence electrons. The van der Waals surface area contributed by atoms with E-state index in [1.165, 1.54) is 0 Å². The van der Waals surface area contributed by atoms with Crippen LogP contribution in [0.25, 0.3) is 0 Å². The fourth-order valence-electron chi connectivity index (χ4n) is 1.70. The number of amides is 1. The standard InChI is InChI=1S/C8H16N2O3S/c9-8(11)6-14(12,13)5-7-2-1-3-10-4-7/h7,10H,1-6H2,(H2,9,11). The summed E-state index contributed by atoms with van der Waals surface area (Å²) in [5.74, 6) is -1.09. The van der Waals surface area contributed by atoms with Gasteiger partial charge >= 0.3 is 0 Å². The van der Waals surface area contributed by atoms with Crippen LogP contribution in [-0.2, 0) is 14.6 Å². The van der Waals surface area contributed by atoms with Crippen molar-refractivity contribution < 1.29 is 13.2 Å². The fraction of sp³-hybridized carbons (Fsp3) is 0.875. The Kier molecular flexibility index (Phi) is 3.88. The van der Waals surface area contributed by atoms with E-state index in [1.54, 1.807) is 0 Å². The summed E-state index contributed by atoms with van der Waals surface area (Å²) >= 11 is 0. The number of nitrogens with one attached hydrogen (secondary N) is 1. The number of carbonyl (C=O) groups is 1. The highest BCUT2D eigenvalue weighted by Crippen LogP contribution is 2.12. The van der Waals surface area contributed by atoms with E-state index in [0.29, 0.717) is 0 Å². The van der Waals surface area contributed by atoms with Crippen LogP contribution in [0.2, 0.25) is 0 Å². The topological polar surface area (TPSA) is 89.3 Å². The molecule has 1 fully saturated rings. The molecule has 1 aliphatic heterocycles. The number of nitrogens with two attached hydrogens (primary N) is 1. The zero-order chi connectivity index (χ0) is 10.6. The summed E-state index contributed by atoms with van der Waals surface area (Å²) in [5, 5.41) is 3.13. The SMILES string of the molecule is NC(=O)CS(=O)(=O)CC1CCCNC1. The molecule has 0 aromatic rings. The van der Waals surface area contributed by atoms with Gasteiger partial charge in [0.15, 0.2) is 9.84 Å². The molecule has 0 spiro atoms. The molecule has 0 aromatic carbocycles. The second-order valence-corrected chi connectivity index (χ2v) is 5.84. The summed E-state index contributed by atoms with van der Waals surface area (Å²) < 4.78 is 22.8. The Labute approximate surface area is 84.0 Å². The minimum atomic E-state index is -3.29. The van der Waals surface area contributed by atoms with Crippen LogP contribution >= 0.6 is 0 Å². The van der Waals surface area contributed by atoms with Crippen molar-refractivity contribution in [3.05, 3.63) is 0 Å². The highest BCUT2D eigenvalue weighted by molar-refractivity contribution is 7.92. The average Bonchev–Trinajstić information content (AvgIpc) is 2.02. The Morgan fingerprint density at radius 1 is 1.50 bits per heavy atom. The zero-order valence-corrected chi connectivity index (χ0v) is 8.85. The molecule has 1 aliphatic rings. The second-order valence-electron chi connectivity index (χ2n) is 3.73. The van der Waals surface area contributed by atoms with Crippen molar-refractivity contribution in [1.82, 2.24) is 5.32 Å². The quantitative estimate of drug-likeness (QED) is 0.628. The first-order chi connectivity index (χ1) is 6.49. The first-order valence-electron chi connectivity index (χ1n) is 4.69. The molecule has 1 amide bonds. The largest absolute Gasteiger partial charge is 0.369 e. The van der Waals surface area contributed by atoms with Crippen molar-refractivity contribution in [2.24, 2.45) is 11.7 Å². The van der Waals surface area contributed by atoms with Crippen molar-refractivity contribution in [3.63, 3.8) is 0 Å². The molecule has 0 bridgehead atoms. The zero-order valence-electron chi connectivity index (χ0n) is 8.03. The van der Waals surface area contributed by atoms with Crippen molar-refractivity contribution >= 4 is 15.7 Å². The van der Waals surface area contributed by atoms with Gasteiger partial charge in [-0.1, -0.05) is 0 Å². The van der Waals surface area contributed by atoms with Crippen LogP contribution in [0, 0.1) is 5.92 Å². The van der Waals surface area contributed by atoms with Crippen LogP contribution in [-0.4, -0.2) is 38.9 Å². The van der Waals surface area contributed by atoms with E-state index in [2.05, 4.69) is 5.32 Å². The molecular formula is C8H16N2O3S. The third-order valence-corrected chi connectivity index (χ3v) is 3.95.